The van der Waals surface area contributed by atoms with Gasteiger partial charge in [-0.05, 0) is 44.0 Å². The highest BCUT2D eigenvalue weighted by Gasteiger charge is 2.14. The number of aromatic nitrogens is 2. The Bertz CT molecular complexity index is 1080. The monoisotopic (exact) mass is 351 g/mol. The topological polar surface area (TPSA) is 106 Å². The molecule has 8 nitrogen and oxygen atoms in total. The Morgan fingerprint density at radius 2 is 1.85 bits per heavy atom. The fourth-order valence-electron chi connectivity index (χ4n) is 2.56. The van der Waals surface area contributed by atoms with Crippen LogP contribution in [0.5, 0.6) is 0 Å². The van der Waals surface area contributed by atoms with E-state index in [-0.39, 0.29) is 16.9 Å². The molecule has 0 radical (unpaired) electrons. The summed E-state index contributed by atoms with van der Waals surface area (Å²) in [4.78, 5) is 23.0. The first kappa shape index (κ1) is 17.3. The van der Waals surface area contributed by atoms with Crippen LogP contribution in [0.2, 0.25) is 0 Å². The number of H-pyrrole nitrogens is 1. The zero-order valence-corrected chi connectivity index (χ0v) is 14.6. The van der Waals surface area contributed by atoms with Crippen molar-refractivity contribution in [2.45, 2.75) is 20.8 Å². The quantitative estimate of drug-likeness (QED) is 0.427. The van der Waals surface area contributed by atoms with Crippen LogP contribution in [-0.4, -0.2) is 14.7 Å². The van der Waals surface area contributed by atoms with Gasteiger partial charge in [-0.15, -0.1) is 5.11 Å². The number of hydrogen-bond donors (Lipinski definition) is 1. The molecule has 26 heavy (non-hydrogen) atoms. The fourth-order valence-corrected chi connectivity index (χ4v) is 2.56. The highest BCUT2D eigenvalue weighted by Crippen LogP contribution is 2.23. The molecule has 1 heterocycles. The van der Waals surface area contributed by atoms with E-state index < -0.39 is 4.92 Å². The lowest BCUT2D eigenvalue weighted by atomic mass is 10.1. The SMILES string of the molecule is Cc1ccc(C)c(-n2[nH]c(C)c(N=Nc3cccc([N+](=O)[O-])c3)c2=O)c1. The molecule has 0 unspecified atom stereocenters. The predicted molar refractivity (Wildman–Crippen MR) is 97.9 cm³/mol. The fraction of sp³-hybridized carbons (Fsp3) is 0.167. The van der Waals surface area contributed by atoms with Crippen LogP contribution in [0.25, 0.3) is 5.69 Å². The lowest BCUT2D eigenvalue weighted by Gasteiger charge is -2.06. The summed E-state index contributed by atoms with van der Waals surface area (Å²) in [7, 11) is 0. The molecule has 3 rings (SSSR count). The smallest absolute Gasteiger partial charge is 0.293 e. The molecule has 0 atom stereocenters. The Kier molecular flexibility index (Phi) is 4.49. The van der Waals surface area contributed by atoms with Crippen molar-refractivity contribution < 1.29 is 4.92 Å². The van der Waals surface area contributed by atoms with E-state index in [4.69, 9.17) is 0 Å². The van der Waals surface area contributed by atoms with Gasteiger partial charge in [0.1, 0.15) is 0 Å². The maximum Gasteiger partial charge on any atom is 0.299 e. The second kappa shape index (κ2) is 6.75. The Labute approximate surface area is 149 Å². The van der Waals surface area contributed by atoms with Crippen molar-refractivity contribution in [3.8, 4) is 5.69 Å². The van der Waals surface area contributed by atoms with Crippen molar-refractivity contribution >= 4 is 17.1 Å². The van der Waals surface area contributed by atoms with Crippen molar-refractivity contribution in [3.05, 3.63) is 79.8 Å². The van der Waals surface area contributed by atoms with Crippen molar-refractivity contribution in [2.75, 3.05) is 0 Å². The molecular weight excluding hydrogens is 334 g/mol. The molecule has 0 aliphatic rings. The lowest BCUT2D eigenvalue weighted by Crippen LogP contribution is -2.15. The number of azo groups is 1. The second-order valence-corrected chi connectivity index (χ2v) is 5.99. The van der Waals surface area contributed by atoms with Crippen LogP contribution in [0.4, 0.5) is 17.1 Å². The van der Waals surface area contributed by atoms with Crippen molar-refractivity contribution in [2.24, 2.45) is 10.2 Å². The standard InChI is InChI=1S/C18H17N5O3/c1-11-7-8-12(2)16(9-11)22-18(24)17(13(3)21-22)20-19-14-5-4-6-15(10-14)23(25)26/h4-10,21H,1-3H3. The van der Waals surface area contributed by atoms with Gasteiger partial charge in [0, 0.05) is 12.1 Å². The summed E-state index contributed by atoms with van der Waals surface area (Å²) in [5, 5.41) is 21.8. The highest BCUT2D eigenvalue weighted by atomic mass is 16.6. The third kappa shape index (κ3) is 3.30. The van der Waals surface area contributed by atoms with Gasteiger partial charge in [0.15, 0.2) is 5.69 Å². The van der Waals surface area contributed by atoms with E-state index in [1.165, 1.54) is 22.9 Å². The van der Waals surface area contributed by atoms with Gasteiger partial charge < -0.3 is 0 Å². The molecule has 1 aromatic heterocycles. The number of nitro groups is 1. The van der Waals surface area contributed by atoms with Gasteiger partial charge in [0.2, 0.25) is 0 Å². The first-order valence-electron chi connectivity index (χ1n) is 7.92. The van der Waals surface area contributed by atoms with Crippen LogP contribution in [0.3, 0.4) is 0 Å². The number of nitrogens with one attached hydrogen (secondary N) is 1. The molecule has 0 saturated heterocycles. The maximum atomic E-state index is 12.7. The third-order valence-corrected chi connectivity index (χ3v) is 3.95. The first-order chi connectivity index (χ1) is 12.4. The van der Waals surface area contributed by atoms with Crippen molar-refractivity contribution in [3.63, 3.8) is 0 Å². The number of hydrogen-bond acceptors (Lipinski definition) is 5. The molecule has 132 valence electrons. The van der Waals surface area contributed by atoms with E-state index in [2.05, 4.69) is 15.3 Å². The van der Waals surface area contributed by atoms with E-state index in [0.717, 1.165) is 16.8 Å². The lowest BCUT2D eigenvalue weighted by molar-refractivity contribution is -0.384. The molecule has 0 aliphatic carbocycles. The van der Waals surface area contributed by atoms with Gasteiger partial charge in [0.05, 0.1) is 22.0 Å². The number of nitro benzene ring substituents is 1. The van der Waals surface area contributed by atoms with Gasteiger partial charge >= 0.3 is 0 Å². The second-order valence-electron chi connectivity index (χ2n) is 5.99. The zero-order chi connectivity index (χ0) is 18.8. The number of rotatable bonds is 4. The summed E-state index contributed by atoms with van der Waals surface area (Å²) in [5.41, 5.74) is 3.34. The number of aromatic amines is 1. The van der Waals surface area contributed by atoms with Crippen LogP contribution in [0.15, 0.2) is 57.5 Å². The Morgan fingerprint density at radius 3 is 2.58 bits per heavy atom. The molecule has 2 aromatic carbocycles. The van der Waals surface area contributed by atoms with Crippen LogP contribution < -0.4 is 5.56 Å². The minimum atomic E-state index is -0.506. The molecule has 8 heteroatoms. The van der Waals surface area contributed by atoms with Gasteiger partial charge in [-0.1, -0.05) is 18.2 Å². The Hall–Kier alpha value is -3.55. The number of benzene rings is 2. The van der Waals surface area contributed by atoms with Gasteiger partial charge in [-0.3, -0.25) is 20.0 Å². The summed E-state index contributed by atoms with van der Waals surface area (Å²) >= 11 is 0. The summed E-state index contributed by atoms with van der Waals surface area (Å²) in [6.07, 6.45) is 0. The van der Waals surface area contributed by atoms with E-state index in [9.17, 15) is 14.9 Å². The summed E-state index contributed by atoms with van der Waals surface area (Å²) in [6.45, 7) is 5.60. The van der Waals surface area contributed by atoms with E-state index in [1.54, 1.807) is 13.0 Å². The summed E-state index contributed by atoms with van der Waals surface area (Å²) in [5.74, 6) is 0. The minimum absolute atomic E-state index is 0.0833. The normalized spacial score (nSPS) is 11.2. The zero-order valence-electron chi connectivity index (χ0n) is 14.6. The highest BCUT2D eigenvalue weighted by molar-refractivity contribution is 5.49. The van der Waals surface area contributed by atoms with Crippen LogP contribution in [0.1, 0.15) is 16.8 Å². The summed E-state index contributed by atoms with van der Waals surface area (Å²) in [6, 6.07) is 11.6. The van der Waals surface area contributed by atoms with Crippen LogP contribution in [-0.2, 0) is 0 Å². The van der Waals surface area contributed by atoms with Gasteiger partial charge in [-0.2, -0.15) is 5.11 Å². The van der Waals surface area contributed by atoms with Crippen molar-refractivity contribution in [1.82, 2.24) is 9.78 Å². The molecule has 0 amide bonds. The number of non-ortho nitro benzene ring substituents is 1. The molecule has 0 aliphatic heterocycles. The predicted octanol–water partition coefficient (Wildman–Crippen LogP) is 4.41. The molecule has 0 fully saturated rings. The largest absolute Gasteiger partial charge is 0.299 e. The Balaban J connectivity index is 2.01. The Morgan fingerprint density at radius 1 is 1.08 bits per heavy atom. The maximum absolute atomic E-state index is 12.7. The molecular formula is C18H17N5O3. The average Bonchev–Trinajstić information content (AvgIpc) is 2.89. The van der Waals surface area contributed by atoms with Gasteiger partial charge in [0.25, 0.3) is 11.2 Å². The van der Waals surface area contributed by atoms with Gasteiger partial charge in [-0.25, -0.2) is 4.68 Å². The van der Waals surface area contributed by atoms with Crippen molar-refractivity contribution in [1.29, 1.82) is 0 Å². The summed E-state index contributed by atoms with van der Waals surface area (Å²) < 4.78 is 1.43. The van der Waals surface area contributed by atoms with Crippen LogP contribution in [0, 0.1) is 30.9 Å². The van der Waals surface area contributed by atoms with E-state index in [0.29, 0.717) is 11.4 Å². The van der Waals surface area contributed by atoms with E-state index >= 15 is 0 Å². The molecule has 0 spiro atoms. The number of nitrogens with zero attached hydrogens (tertiary/aromatic N) is 4. The first-order valence-corrected chi connectivity index (χ1v) is 7.92. The average molecular weight is 351 g/mol. The third-order valence-electron chi connectivity index (χ3n) is 3.95. The van der Waals surface area contributed by atoms with E-state index in [1.807, 2.05) is 32.0 Å². The minimum Gasteiger partial charge on any atom is -0.293 e. The molecule has 1 N–H and O–H groups in total. The number of aryl methyl sites for hydroxylation is 3. The molecule has 0 saturated carbocycles. The molecule has 0 bridgehead atoms. The van der Waals surface area contributed by atoms with Crippen LogP contribution >= 0.6 is 0 Å². The molecule has 3 aromatic rings.